The van der Waals surface area contributed by atoms with Gasteiger partial charge < -0.3 is 24.3 Å². The summed E-state index contributed by atoms with van der Waals surface area (Å²) in [6, 6.07) is 123. The molecule has 4 aliphatic rings. The molecule has 0 atom stereocenters. The highest BCUT2D eigenvalue weighted by Gasteiger charge is 2.48. The van der Waals surface area contributed by atoms with Crippen LogP contribution in [0.4, 0.5) is 68.2 Å². The Morgan fingerprint density at radius 1 is 0.312 bits per heavy atom. The van der Waals surface area contributed by atoms with Crippen LogP contribution in [0.25, 0.3) is 33.4 Å². The van der Waals surface area contributed by atoms with Gasteiger partial charge >= 0.3 is 0 Å². The zero-order valence-corrected chi connectivity index (χ0v) is 51.8. The van der Waals surface area contributed by atoms with Crippen LogP contribution in [0.3, 0.4) is 0 Å². The number of aryl methyl sites for hydroxylation is 1. The summed E-state index contributed by atoms with van der Waals surface area (Å²) in [4.78, 5) is 12.4. The van der Waals surface area contributed by atoms with Crippen LogP contribution in [0.5, 0.6) is 11.5 Å². The van der Waals surface area contributed by atoms with Gasteiger partial charge in [-0.2, -0.15) is 0 Å². The first-order valence-electron chi connectivity index (χ1n) is 32.0. The molecule has 0 radical (unpaired) electrons. The molecule has 5 nitrogen and oxygen atoms in total. The minimum atomic E-state index is -0.176. The van der Waals surface area contributed by atoms with Crippen molar-refractivity contribution >= 4 is 126 Å². The molecule has 0 saturated heterocycles. The van der Waals surface area contributed by atoms with Gasteiger partial charge in [0.1, 0.15) is 11.5 Å². The maximum atomic E-state index is 7.17. The number of hydrogen-bond donors (Lipinski definition) is 0. The third kappa shape index (κ3) is 9.11. The lowest BCUT2D eigenvalue weighted by molar-refractivity contribution is 0.486. The second kappa shape index (κ2) is 22.5. The molecular formula is C85H58B2N4OS. The first-order chi connectivity index (χ1) is 46.1. The van der Waals surface area contributed by atoms with Gasteiger partial charge in [0.2, 0.25) is 0 Å². The molecule has 0 saturated carbocycles. The molecule has 14 aromatic carbocycles. The molecule has 0 aromatic heterocycles. The summed E-state index contributed by atoms with van der Waals surface area (Å²) in [5.41, 5.74) is 28.6. The van der Waals surface area contributed by atoms with Crippen LogP contribution in [0, 0.1) is 6.92 Å². The molecule has 8 heteroatoms. The third-order valence-electron chi connectivity index (χ3n) is 19.0. The molecule has 0 spiro atoms. The van der Waals surface area contributed by atoms with E-state index in [2.05, 4.69) is 360 Å². The Kier molecular flexibility index (Phi) is 13.2. The lowest BCUT2D eigenvalue weighted by atomic mass is 9.31. The maximum Gasteiger partial charge on any atom is 0.253 e. The topological polar surface area (TPSA) is 22.2 Å². The van der Waals surface area contributed by atoms with E-state index >= 15 is 0 Å². The smallest absolute Gasteiger partial charge is 0.253 e. The first-order valence-corrected chi connectivity index (χ1v) is 32.8. The van der Waals surface area contributed by atoms with Gasteiger partial charge in [0.25, 0.3) is 13.4 Å². The number of anilines is 12. The summed E-state index contributed by atoms with van der Waals surface area (Å²) in [5.74, 6) is 1.76. The Balaban J connectivity index is 0.936. The van der Waals surface area contributed by atoms with Gasteiger partial charge in [0.15, 0.2) is 0 Å². The van der Waals surface area contributed by atoms with Gasteiger partial charge in [-0.15, -0.1) is 0 Å². The van der Waals surface area contributed by atoms with Crippen molar-refractivity contribution in [3.63, 3.8) is 0 Å². The second-order valence-electron chi connectivity index (χ2n) is 24.4. The number of ether oxygens (including phenoxy) is 1. The van der Waals surface area contributed by atoms with E-state index < -0.39 is 0 Å². The number of para-hydroxylation sites is 7. The largest absolute Gasteiger partial charge is 0.458 e. The van der Waals surface area contributed by atoms with Crippen molar-refractivity contribution in [2.24, 2.45) is 0 Å². The summed E-state index contributed by atoms with van der Waals surface area (Å²) in [6.07, 6.45) is 0. The van der Waals surface area contributed by atoms with Crippen LogP contribution in [-0.2, 0) is 0 Å². The SMILES string of the molecule is Cc1cccc(-c2ccccc2)c1N1c2cc3c(cc2B2c4ccccc4N(c4ccccc4)c4cc(N(c5ccc(-c6ccccc6)cc5)c5ccccc5-c5ccccc5)cc1c42)B1c2ccccc2Oc2cc(N(c4ccccc4)c4ccccc4)cc(c21)S3. The Morgan fingerprint density at radius 2 is 0.839 bits per heavy atom. The molecule has 18 rings (SSSR count). The minimum absolute atomic E-state index is 0.112. The van der Waals surface area contributed by atoms with E-state index in [0.29, 0.717) is 0 Å². The summed E-state index contributed by atoms with van der Waals surface area (Å²) in [7, 11) is 0. The van der Waals surface area contributed by atoms with Crippen LogP contribution < -0.4 is 57.1 Å². The molecule has 4 heterocycles. The molecule has 4 aliphatic heterocycles. The molecule has 0 aliphatic carbocycles. The Morgan fingerprint density at radius 3 is 1.54 bits per heavy atom. The average Bonchev–Trinajstić information content (AvgIpc) is 0.697. The molecule has 436 valence electrons. The fourth-order valence-electron chi connectivity index (χ4n) is 15.0. The zero-order chi connectivity index (χ0) is 61.5. The van der Waals surface area contributed by atoms with Crippen molar-refractivity contribution < 1.29 is 4.74 Å². The molecule has 93 heavy (non-hydrogen) atoms. The summed E-state index contributed by atoms with van der Waals surface area (Å²) >= 11 is 1.86. The predicted octanol–water partition coefficient (Wildman–Crippen LogP) is 19.1. The van der Waals surface area contributed by atoms with E-state index in [4.69, 9.17) is 4.74 Å². The van der Waals surface area contributed by atoms with Crippen molar-refractivity contribution in [1.82, 2.24) is 0 Å². The van der Waals surface area contributed by atoms with E-state index in [-0.39, 0.29) is 13.4 Å². The molecule has 0 unspecified atom stereocenters. The lowest BCUT2D eigenvalue weighted by Gasteiger charge is -2.46. The Hall–Kier alpha value is -11.4. The number of benzene rings is 14. The van der Waals surface area contributed by atoms with E-state index in [9.17, 15) is 0 Å². The third-order valence-corrected chi connectivity index (χ3v) is 20.1. The number of hydrogen-bond acceptors (Lipinski definition) is 6. The average molecular weight is 1210 g/mol. The zero-order valence-electron chi connectivity index (χ0n) is 51.0. The maximum absolute atomic E-state index is 7.17. The summed E-state index contributed by atoms with van der Waals surface area (Å²) in [5, 5.41) is 0. The van der Waals surface area contributed by atoms with Gasteiger partial charge in [-0.1, -0.05) is 254 Å². The quantitative estimate of drug-likeness (QED) is 0.120. The van der Waals surface area contributed by atoms with Crippen LogP contribution in [0.1, 0.15) is 5.56 Å². The van der Waals surface area contributed by atoms with Gasteiger partial charge in [0, 0.05) is 72.5 Å². The first kappa shape index (κ1) is 54.5. The Labute approximate surface area is 547 Å². The van der Waals surface area contributed by atoms with Crippen molar-refractivity contribution in [3.05, 3.63) is 339 Å². The standard InChI is InChI=1S/C85H58B2N4OS/c1-57-27-26-41-69(61-32-12-4-13-33-61)85(57)91-76-56-81-73(87-71-43-22-25-46-79(71)92-80-53-67(54-82(93-81)84(80)87)88(62-34-14-5-15-35-62)63-36-16-6-17-37-63)55-72(76)86-70-42-21-24-45-75(70)90(64-38-18-7-19-39-64)77-51-66(52-78(91)83(77)86)89(65-49-47-59(48-50-65)58-28-8-2-9-29-58)74-44-23-20-40-68(74)60-30-10-3-11-31-60/h2-56H,1H3. The predicted molar refractivity (Wildman–Crippen MR) is 393 cm³/mol. The monoisotopic (exact) mass is 1200 g/mol. The van der Waals surface area contributed by atoms with Crippen molar-refractivity contribution in [2.45, 2.75) is 16.7 Å². The highest BCUT2D eigenvalue weighted by atomic mass is 32.2. The van der Waals surface area contributed by atoms with E-state index in [1.54, 1.807) is 0 Å². The van der Waals surface area contributed by atoms with E-state index in [1.807, 2.05) is 11.8 Å². The fraction of sp³-hybridized carbons (Fsp3) is 0.0118. The Bertz CT molecular complexity index is 5160. The summed E-state index contributed by atoms with van der Waals surface area (Å²) < 4.78 is 7.17. The van der Waals surface area contributed by atoms with Crippen molar-refractivity contribution in [1.29, 1.82) is 0 Å². The van der Waals surface area contributed by atoms with Gasteiger partial charge in [-0.05, 0) is 153 Å². The van der Waals surface area contributed by atoms with Crippen LogP contribution in [0.2, 0.25) is 0 Å². The van der Waals surface area contributed by atoms with Gasteiger partial charge in [0.05, 0.1) is 22.7 Å². The molecular weight excluding hydrogens is 1150 g/mol. The number of fused-ring (bicyclic) bond motifs is 8. The molecule has 0 amide bonds. The highest BCUT2D eigenvalue weighted by Crippen LogP contribution is 2.53. The fourth-order valence-corrected chi connectivity index (χ4v) is 16.2. The number of rotatable bonds is 11. The van der Waals surface area contributed by atoms with E-state index in [1.165, 1.54) is 53.7 Å². The molecule has 0 bridgehead atoms. The lowest BCUT2D eigenvalue weighted by Crippen LogP contribution is -2.64. The summed E-state index contributed by atoms with van der Waals surface area (Å²) in [6.45, 7) is 2.01. The van der Waals surface area contributed by atoms with E-state index in [0.717, 1.165) is 108 Å². The van der Waals surface area contributed by atoms with Crippen LogP contribution in [-0.4, -0.2) is 13.4 Å². The van der Waals surface area contributed by atoms with Crippen LogP contribution in [0.15, 0.2) is 343 Å². The highest BCUT2D eigenvalue weighted by molar-refractivity contribution is 8.00. The second-order valence-corrected chi connectivity index (χ2v) is 25.4. The van der Waals surface area contributed by atoms with Crippen molar-refractivity contribution in [3.8, 4) is 44.9 Å². The molecule has 0 fully saturated rings. The van der Waals surface area contributed by atoms with Gasteiger partial charge in [-0.3, -0.25) is 0 Å². The minimum Gasteiger partial charge on any atom is -0.458 e. The number of nitrogens with zero attached hydrogens (tertiary/aromatic N) is 4. The van der Waals surface area contributed by atoms with Gasteiger partial charge in [-0.25, -0.2) is 0 Å². The van der Waals surface area contributed by atoms with Crippen molar-refractivity contribution in [2.75, 3.05) is 19.6 Å². The molecule has 14 aromatic rings. The normalized spacial score (nSPS) is 12.7. The van der Waals surface area contributed by atoms with Crippen LogP contribution >= 0.6 is 11.8 Å². The molecule has 0 N–H and O–H groups in total.